The molecule has 0 saturated carbocycles. The van der Waals surface area contributed by atoms with E-state index in [-0.39, 0.29) is 17.6 Å². The second kappa shape index (κ2) is 9.02. The van der Waals surface area contributed by atoms with Crippen molar-refractivity contribution in [1.29, 1.82) is 0 Å². The van der Waals surface area contributed by atoms with E-state index in [0.717, 1.165) is 0 Å². The number of ketones is 1. The summed E-state index contributed by atoms with van der Waals surface area (Å²) in [6, 6.07) is 17.0. The number of hydrogen-bond acceptors (Lipinski definition) is 3. The number of carbonyl (C=O) groups excluding carboxylic acids is 2. The largest absolute Gasteiger partial charge is 0.481 e. The van der Waals surface area contributed by atoms with Crippen molar-refractivity contribution in [3.05, 3.63) is 65.7 Å². The molecule has 0 saturated heterocycles. The zero-order valence-electron chi connectivity index (χ0n) is 15.0. The summed E-state index contributed by atoms with van der Waals surface area (Å²) in [5.74, 6) is 0.742. The highest BCUT2D eigenvalue weighted by atomic mass is 16.5. The molecular weight excluding hydrogens is 314 g/mol. The van der Waals surface area contributed by atoms with Crippen LogP contribution >= 0.6 is 0 Å². The third kappa shape index (κ3) is 5.45. The summed E-state index contributed by atoms with van der Waals surface area (Å²) in [5, 5.41) is 2.92. The fourth-order valence-electron chi connectivity index (χ4n) is 2.48. The van der Waals surface area contributed by atoms with Crippen molar-refractivity contribution in [2.45, 2.75) is 39.2 Å². The fraction of sp³-hybridized carbons (Fsp3) is 0.333. The Kier molecular flexibility index (Phi) is 6.75. The maximum Gasteiger partial charge on any atom is 0.260 e. The third-order valence-corrected chi connectivity index (χ3v) is 4.13. The van der Waals surface area contributed by atoms with Gasteiger partial charge in [-0.3, -0.25) is 9.59 Å². The minimum Gasteiger partial charge on any atom is -0.481 e. The Morgan fingerprint density at radius 1 is 1.00 bits per heavy atom. The molecule has 1 amide bonds. The fourth-order valence-corrected chi connectivity index (χ4v) is 2.48. The minimum absolute atomic E-state index is 0.0900. The van der Waals surface area contributed by atoms with E-state index in [0.29, 0.717) is 24.3 Å². The molecule has 0 aliphatic heterocycles. The van der Waals surface area contributed by atoms with E-state index in [9.17, 15) is 9.59 Å². The number of nitrogens with one attached hydrogen (secondary N) is 1. The van der Waals surface area contributed by atoms with Gasteiger partial charge in [0, 0.05) is 18.5 Å². The van der Waals surface area contributed by atoms with Crippen LogP contribution in [0.2, 0.25) is 0 Å². The average Bonchev–Trinajstić information content (AvgIpc) is 2.66. The molecule has 0 radical (unpaired) electrons. The van der Waals surface area contributed by atoms with Gasteiger partial charge in [-0.15, -0.1) is 0 Å². The number of carbonyl (C=O) groups is 2. The van der Waals surface area contributed by atoms with Crippen molar-refractivity contribution in [1.82, 2.24) is 5.32 Å². The number of benzene rings is 2. The Hall–Kier alpha value is -2.62. The third-order valence-electron chi connectivity index (χ3n) is 4.13. The van der Waals surface area contributed by atoms with Crippen LogP contribution in [0.4, 0.5) is 0 Å². The molecule has 0 heterocycles. The van der Waals surface area contributed by atoms with Crippen LogP contribution in [0.15, 0.2) is 54.6 Å². The molecule has 0 bridgehead atoms. The number of ether oxygens (including phenoxy) is 1. The van der Waals surface area contributed by atoms with Crippen LogP contribution in [0, 0.1) is 0 Å². The molecule has 2 atom stereocenters. The minimum atomic E-state index is -0.601. The molecule has 1 N–H and O–H groups in total. The van der Waals surface area contributed by atoms with Gasteiger partial charge in [-0.1, -0.05) is 44.2 Å². The molecule has 4 heteroatoms. The van der Waals surface area contributed by atoms with E-state index < -0.39 is 6.10 Å². The highest BCUT2D eigenvalue weighted by Gasteiger charge is 2.16. The van der Waals surface area contributed by atoms with Gasteiger partial charge in [-0.2, -0.15) is 0 Å². The monoisotopic (exact) mass is 339 g/mol. The maximum absolute atomic E-state index is 12.2. The molecular formula is C21H25NO3. The Bertz CT molecular complexity index is 695. The van der Waals surface area contributed by atoms with Gasteiger partial charge in [0.15, 0.2) is 11.9 Å². The first-order chi connectivity index (χ1) is 12.0. The quantitative estimate of drug-likeness (QED) is 0.741. The molecule has 0 aromatic heterocycles. The van der Waals surface area contributed by atoms with Crippen LogP contribution in [0.3, 0.4) is 0 Å². The van der Waals surface area contributed by atoms with Crippen LogP contribution in [0.1, 0.15) is 49.0 Å². The van der Waals surface area contributed by atoms with E-state index in [2.05, 4.69) is 24.4 Å². The Balaban J connectivity index is 1.84. The molecule has 4 nitrogen and oxygen atoms in total. The van der Waals surface area contributed by atoms with Crippen LogP contribution < -0.4 is 10.1 Å². The highest BCUT2D eigenvalue weighted by Crippen LogP contribution is 2.16. The number of Topliss-reactive ketones (excluding diaryl/α,β-unsaturated/α-hetero) is 1. The SMILES string of the molecule is CCC(=O)c1ccc(O[C@@H](C)C(=O)NC[C@@H](C)c2ccccc2)cc1. The standard InChI is InChI=1S/C21H25NO3/c1-4-20(23)18-10-12-19(13-11-18)25-16(3)21(24)22-14-15(2)17-8-6-5-7-9-17/h5-13,15-16H,4,14H2,1-3H3,(H,22,24)/t15-,16+/m1/s1. The second-order valence-electron chi connectivity index (χ2n) is 6.12. The van der Waals surface area contributed by atoms with Gasteiger partial charge in [0.2, 0.25) is 0 Å². The maximum atomic E-state index is 12.2. The molecule has 2 aromatic carbocycles. The number of amides is 1. The summed E-state index contributed by atoms with van der Waals surface area (Å²) in [5.41, 5.74) is 1.84. The molecule has 2 aromatic rings. The van der Waals surface area contributed by atoms with Gasteiger partial charge in [0.25, 0.3) is 5.91 Å². The number of rotatable bonds is 8. The van der Waals surface area contributed by atoms with Crippen molar-refractivity contribution in [2.24, 2.45) is 0 Å². The van der Waals surface area contributed by atoms with Gasteiger partial charge in [0.05, 0.1) is 0 Å². The van der Waals surface area contributed by atoms with Crippen molar-refractivity contribution >= 4 is 11.7 Å². The summed E-state index contributed by atoms with van der Waals surface area (Å²) in [7, 11) is 0. The molecule has 0 fully saturated rings. The lowest BCUT2D eigenvalue weighted by atomic mass is 10.0. The Labute approximate surface area is 149 Å². The van der Waals surface area contributed by atoms with Crippen LogP contribution in [0.25, 0.3) is 0 Å². The predicted octanol–water partition coefficient (Wildman–Crippen LogP) is 3.97. The van der Waals surface area contributed by atoms with Crippen molar-refractivity contribution in [3.8, 4) is 5.75 Å². The molecule has 0 spiro atoms. The van der Waals surface area contributed by atoms with Gasteiger partial charge >= 0.3 is 0 Å². The van der Waals surface area contributed by atoms with Gasteiger partial charge < -0.3 is 10.1 Å². The van der Waals surface area contributed by atoms with Gasteiger partial charge in [0.1, 0.15) is 5.75 Å². The Morgan fingerprint density at radius 3 is 2.24 bits per heavy atom. The van der Waals surface area contributed by atoms with Crippen molar-refractivity contribution in [3.63, 3.8) is 0 Å². The van der Waals surface area contributed by atoms with E-state index in [1.54, 1.807) is 31.2 Å². The first kappa shape index (κ1) is 18.7. The zero-order chi connectivity index (χ0) is 18.2. The smallest absolute Gasteiger partial charge is 0.260 e. The van der Waals surface area contributed by atoms with Crippen molar-refractivity contribution < 1.29 is 14.3 Å². The first-order valence-electron chi connectivity index (χ1n) is 8.63. The van der Waals surface area contributed by atoms with Gasteiger partial charge in [-0.05, 0) is 42.7 Å². The van der Waals surface area contributed by atoms with E-state index in [1.807, 2.05) is 25.1 Å². The van der Waals surface area contributed by atoms with Crippen LogP contribution in [-0.4, -0.2) is 24.3 Å². The van der Waals surface area contributed by atoms with E-state index >= 15 is 0 Å². The number of hydrogen-bond donors (Lipinski definition) is 1. The molecule has 132 valence electrons. The van der Waals surface area contributed by atoms with Gasteiger partial charge in [-0.25, -0.2) is 0 Å². The second-order valence-corrected chi connectivity index (χ2v) is 6.12. The summed E-state index contributed by atoms with van der Waals surface area (Å²) < 4.78 is 5.66. The topological polar surface area (TPSA) is 55.4 Å². The summed E-state index contributed by atoms with van der Waals surface area (Å²) in [6.45, 7) is 6.17. The van der Waals surface area contributed by atoms with E-state index in [4.69, 9.17) is 4.74 Å². The summed E-state index contributed by atoms with van der Waals surface area (Å²) >= 11 is 0. The zero-order valence-corrected chi connectivity index (χ0v) is 15.0. The highest BCUT2D eigenvalue weighted by molar-refractivity contribution is 5.95. The predicted molar refractivity (Wildman–Crippen MR) is 99.0 cm³/mol. The lowest BCUT2D eigenvalue weighted by Gasteiger charge is -2.17. The molecule has 0 aliphatic carbocycles. The lowest BCUT2D eigenvalue weighted by molar-refractivity contribution is -0.127. The summed E-state index contributed by atoms with van der Waals surface area (Å²) in [4.78, 5) is 23.8. The normalized spacial score (nSPS) is 12.9. The molecule has 0 aliphatic rings. The van der Waals surface area contributed by atoms with Crippen molar-refractivity contribution in [2.75, 3.05) is 6.54 Å². The van der Waals surface area contributed by atoms with Crippen LogP contribution in [-0.2, 0) is 4.79 Å². The van der Waals surface area contributed by atoms with E-state index in [1.165, 1.54) is 5.56 Å². The molecule has 0 unspecified atom stereocenters. The first-order valence-corrected chi connectivity index (χ1v) is 8.63. The average molecular weight is 339 g/mol. The lowest BCUT2D eigenvalue weighted by Crippen LogP contribution is -2.38. The summed E-state index contributed by atoms with van der Waals surface area (Å²) in [6.07, 6.45) is -0.130. The molecule has 2 rings (SSSR count). The Morgan fingerprint density at radius 2 is 1.64 bits per heavy atom. The molecule has 25 heavy (non-hydrogen) atoms. The van der Waals surface area contributed by atoms with Crippen LogP contribution in [0.5, 0.6) is 5.75 Å².